The molecule has 2 N–H and O–H groups in total. The van der Waals surface area contributed by atoms with Gasteiger partial charge < -0.3 is 15.3 Å². The maximum Gasteiger partial charge on any atom is 0.317 e. The average molecular weight is 231 g/mol. The number of hydrogen-bond acceptors (Lipinski definition) is 4. The summed E-state index contributed by atoms with van der Waals surface area (Å²) in [7, 11) is 3.87. The number of aliphatic carboxylic acids is 1. The van der Waals surface area contributed by atoms with Crippen LogP contribution in [0.4, 0.5) is 0 Å². The maximum absolute atomic E-state index is 10.7. The summed E-state index contributed by atoms with van der Waals surface area (Å²) >= 11 is 0. The van der Waals surface area contributed by atoms with Gasteiger partial charge in [0, 0.05) is 33.1 Å². The van der Waals surface area contributed by atoms with E-state index in [1.165, 1.54) is 6.92 Å². The van der Waals surface area contributed by atoms with Gasteiger partial charge in [-0.15, -0.1) is 0 Å². The molecule has 6 heteroatoms. The first-order valence-electron chi connectivity index (χ1n) is 5.25. The molecule has 1 amide bonds. The molecule has 0 rings (SSSR count). The van der Waals surface area contributed by atoms with Gasteiger partial charge >= 0.3 is 5.97 Å². The Morgan fingerprint density at radius 3 is 2.25 bits per heavy atom. The van der Waals surface area contributed by atoms with Crippen molar-refractivity contribution in [2.45, 2.75) is 6.92 Å². The summed E-state index contributed by atoms with van der Waals surface area (Å²) in [5, 5.41) is 11.4. The maximum atomic E-state index is 10.7. The molecule has 0 aromatic rings. The molecule has 0 atom stereocenters. The molecular weight excluding hydrogens is 210 g/mol. The molecule has 0 bridgehead atoms. The lowest BCUT2D eigenvalue weighted by Crippen LogP contribution is -2.40. The fourth-order valence-corrected chi connectivity index (χ4v) is 1.19. The van der Waals surface area contributed by atoms with E-state index in [9.17, 15) is 9.59 Å². The topological polar surface area (TPSA) is 72.9 Å². The van der Waals surface area contributed by atoms with Crippen LogP contribution in [0.5, 0.6) is 0 Å². The molecule has 0 heterocycles. The van der Waals surface area contributed by atoms with Gasteiger partial charge in [-0.25, -0.2) is 0 Å². The highest BCUT2D eigenvalue weighted by Crippen LogP contribution is 1.88. The van der Waals surface area contributed by atoms with Gasteiger partial charge in [0.1, 0.15) is 0 Å². The zero-order valence-electron chi connectivity index (χ0n) is 10.2. The van der Waals surface area contributed by atoms with Crippen LogP contribution in [0.2, 0.25) is 0 Å². The van der Waals surface area contributed by atoms with Crippen LogP contribution in [-0.2, 0) is 9.59 Å². The van der Waals surface area contributed by atoms with E-state index in [1.54, 1.807) is 4.90 Å². The summed E-state index contributed by atoms with van der Waals surface area (Å²) < 4.78 is 0. The number of carbonyl (C=O) groups is 2. The Bertz CT molecular complexity index is 231. The number of likely N-dealkylation sites (N-methyl/N-ethyl adjacent to an activating group) is 1. The number of nitrogens with zero attached hydrogens (tertiary/aromatic N) is 2. The first kappa shape index (κ1) is 14.9. The molecule has 0 aliphatic carbocycles. The summed E-state index contributed by atoms with van der Waals surface area (Å²) in [5.41, 5.74) is 0. The Kier molecular flexibility index (Phi) is 7.49. The molecule has 0 saturated carbocycles. The van der Waals surface area contributed by atoms with E-state index in [-0.39, 0.29) is 12.5 Å². The van der Waals surface area contributed by atoms with Crippen molar-refractivity contribution in [3.63, 3.8) is 0 Å². The molecular formula is C10H21N3O3. The van der Waals surface area contributed by atoms with Crippen LogP contribution in [0.1, 0.15) is 6.92 Å². The first-order valence-corrected chi connectivity index (χ1v) is 5.25. The van der Waals surface area contributed by atoms with Crippen molar-refractivity contribution in [1.29, 1.82) is 0 Å². The monoisotopic (exact) mass is 231 g/mol. The number of nitrogens with one attached hydrogen (secondary N) is 1. The number of carboxylic acids is 1. The highest BCUT2D eigenvalue weighted by Gasteiger charge is 2.09. The van der Waals surface area contributed by atoms with E-state index in [2.05, 4.69) is 5.32 Å². The molecule has 0 fully saturated rings. The Morgan fingerprint density at radius 1 is 1.19 bits per heavy atom. The van der Waals surface area contributed by atoms with Crippen molar-refractivity contribution in [3.05, 3.63) is 0 Å². The minimum Gasteiger partial charge on any atom is -0.480 e. The van der Waals surface area contributed by atoms with Crippen molar-refractivity contribution in [3.8, 4) is 0 Å². The molecule has 6 nitrogen and oxygen atoms in total. The molecule has 0 unspecified atom stereocenters. The van der Waals surface area contributed by atoms with Crippen molar-refractivity contribution in [2.24, 2.45) is 0 Å². The van der Waals surface area contributed by atoms with Gasteiger partial charge in [0.25, 0.3) is 0 Å². The third kappa shape index (κ3) is 9.42. The van der Waals surface area contributed by atoms with E-state index in [1.807, 2.05) is 19.0 Å². The predicted molar refractivity (Wildman–Crippen MR) is 61.3 cm³/mol. The molecule has 0 aliphatic rings. The molecule has 0 aromatic heterocycles. The van der Waals surface area contributed by atoms with Crippen molar-refractivity contribution in [2.75, 3.05) is 46.8 Å². The third-order valence-electron chi connectivity index (χ3n) is 2.02. The van der Waals surface area contributed by atoms with Crippen LogP contribution >= 0.6 is 0 Å². The van der Waals surface area contributed by atoms with E-state index in [0.29, 0.717) is 19.6 Å². The summed E-state index contributed by atoms with van der Waals surface area (Å²) in [6.45, 7) is 3.97. The van der Waals surface area contributed by atoms with Gasteiger partial charge in [-0.2, -0.15) is 0 Å². The second-order valence-corrected chi connectivity index (χ2v) is 3.96. The second-order valence-electron chi connectivity index (χ2n) is 3.96. The number of amides is 1. The Morgan fingerprint density at radius 2 is 1.81 bits per heavy atom. The zero-order chi connectivity index (χ0) is 12.6. The summed E-state index contributed by atoms with van der Waals surface area (Å²) in [4.78, 5) is 25.1. The van der Waals surface area contributed by atoms with Crippen molar-refractivity contribution >= 4 is 11.9 Å². The average Bonchev–Trinajstić information content (AvgIpc) is 2.12. The van der Waals surface area contributed by atoms with Gasteiger partial charge in [0.2, 0.25) is 5.91 Å². The van der Waals surface area contributed by atoms with Crippen molar-refractivity contribution < 1.29 is 14.7 Å². The van der Waals surface area contributed by atoms with Gasteiger partial charge in [-0.05, 0) is 14.1 Å². The largest absolute Gasteiger partial charge is 0.480 e. The van der Waals surface area contributed by atoms with Crippen LogP contribution < -0.4 is 5.32 Å². The van der Waals surface area contributed by atoms with Crippen LogP contribution in [0.25, 0.3) is 0 Å². The fraction of sp³-hybridized carbons (Fsp3) is 0.800. The lowest BCUT2D eigenvalue weighted by molar-refractivity contribution is -0.138. The molecule has 0 spiro atoms. The Labute approximate surface area is 96.2 Å². The summed E-state index contributed by atoms with van der Waals surface area (Å²) in [6, 6.07) is 0. The predicted octanol–water partition coefficient (Wildman–Crippen LogP) is -0.929. The highest BCUT2D eigenvalue weighted by atomic mass is 16.4. The minimum absolute atomic E-state index is 0.00737. The number of hydrogen-bond donors (Lipinski definition) is 2. The normalized spacial score (nSPS) is 10.8. The number of carboxylic acid groups (broad SMARTS) is 1. The zero-order valence-corrected chi connectivity index (χ0v) is 10.2. The van der Waals surface area contributed by atoms with Crippen LogP contribution in [0.3, 0.4) is 0 Å². The lowest BCUT2D eigenvalue weighted by atomic mass is 10.4. The van der Waals surface area contributed by atoms with E-state index in [0.717, 1.165) is 6.54 Å². The Balaban J connectivity index is 3.89. The van der Waals surface area contributed by atoms with E-state index < -0.39 is 5.97 Å². The fourth-order valence-electron chi connectivity index (χ4n) is 1.19. The minimum atomic E-state index is -0.846. The van der Waals surface area contributed by atoms with Crippen LogP contribution in [-0.4, -0.2) is 73.6 Å². The molecule has 94 valence electrons. The Hall–Kier alpha value is -1.14. The van der Waals surface area contributed by atoms with Gasteiger partial charge in [0.15, 0.2) is 0 Å². The smallest absolute Gasteiger partial charge is 0.317 e. The molecule has 0 radical (unpaired) electrons. The first-order chi connectivity index (χ1) is 7.41. The van der Waals surface area contributed by atoms with Gasteiger partial charge in [0.05, 0.1) is 6.54 Å². The van der Waals surface area contributed by atoms with Gasteiger partial charge in [-0.3, -0.25) is 14.5 Å². The van der Waals surface area contributed by atoms with Crippen LogP contribution in [0, 0.1) is 0 Å². The lowest BCUT2D eigenvalue weighted by Gasteiger charge is -2.22. The molecule has 0 aromatic carbocycles. The van der Waals surface area contributed by atoms with Gasteiger partial charge in [-0.1, -0.05) is 0 Å². The van der Waals surface area contributed by atoms with Crippen molar-refractivity contribution in [1.82, 2.24) is 15.1 Å². The van der Waals surface area contributed by atoms with Crippen LogP contribution in [0.15, 0.2) is 0 Å². The summed E-state index contributed by atoms with van der Waals surface area (Å²) in [6.07, 6.45) is 0. The third-order valence-corrected chi connectivity index (χ3v) is 2.02. The quantitative estimate of drug-likeness (QED) is 0.565. The molecule has 16 heavy (non-hydrogen) atoms. The second kappa shape index (κ2) is 8.06. The van der Waals surface area contributed by atoms with E-state index in [4.69, 9.17) is 5.11 Å². The number of carbonyl (C=O) groups excluding carboxylic acids is 1. The molecule has 0 aliphatic heterocycles. The highest BCUT2D eigenvalue weighted by molar-refractivity contribution is 5.72. The summed E-state index contributed by atoms with van der Waals surface area (Å²) in [5.74, 6) is -0.940. The standard InChI is InChI=1S/C10H21N3O3/c1-9(14)11-4-5-13(8-10(15)16)7-6-12(2)3/h4-8H2,1-3H3,(H,11,14)(H,15,16). The number of rotatable bonds is 8. The molecule has 0 saturated heterocycles. The SMILES string of the molecule is CC(=O)NCCN(CCN(C)C)CC(=O)O. The van der Waals surface area contributed by atoms with E-state index >= 15 is 0 Å².